The fourth-order valence-corrected chi connectivity index (χ4v) is 4.19. The molecule has 0 fully saturated rings. The predicted octanol–water partition coefficient (Wildman–Crippen LogP) is 3.96. The van der Waals surface area contributed by atoms with E-state index in [9.17, 15) is 24.3 Å². The normalized spacial score (nSPS) is 12.4. The molecule has 6 heteroatoms. The zero-order chi connectivity index (χ0) is 17.1. The van der Waals surface area contributed by atoms with Gasteiger partial charge in [0.2, 0.25) is 0 Å². The van der Waals surface area contributed by atoms with Gasteiger partial charge in [0.05, 0.1) is 11.7 Å². The zero-order valence-corrected chi connectivity index (χ0v) is 13.3. The van der Waals surface area contributed by atoms with Crippen molar-refractivity contribution in [3.63, 3.8) is 0 Å². The van der Waals surface area contributed by atoms with Gasteiger partial charge in [-0.15, -0.1) is 0 Å². The lowest BCUT2D eigenvalue weighted by Gasteiger charge is -2.16. The van der Waals surface area contributed by atoms with Gasteiger partial charge in [0.1, 0.15) is 0 Å². The average molecular weight is 340 g/mol. The Morgan fingerprint density at radius 2 is 1.54 bits per heavy atom. The highest BCUT2D eigenvalue weighted by atomic mass is 31.2. The number of hydrogen-bond acceptors (Lipinski definition) is 2. The molecule has 0 aromatic heterocycles. The first-order valence-electron chi connectivity index (χ1n) is 7.32. The van der Waals surface area contributed by atoms with Crippen molar-refractivity contribution in [1.29, 1.82) is 0 Å². The van der Waals surface area contributed by atoms with Crippen LogP contribution in [0.4, 0.5) is 0 Å². The van der Waals surface area contributed by atoms with Crippen molar-refractivity contribution in [3.8, 4) is 0 Å². The first kappa shape index (κ1) is 15.1. The Morgan fingerprint density at radius 3 is 2.17 bits per heavy atom. The highest BCUT2D eigenvalue weighted by Crippen LogP contribution is 2.44. The van der Waals surface area contributed by atoms with Crippen molar-refractivity contribution in [2.75, 3.05) is 0 Å². The summed E-state index contributed by atoms with van der Waals surface area (Å²) in [5, 5.41) is 14.7. The molecule has 24 heavy (non-hydrogen) atoms. The summed E-state index contributed by atoms with van der Waals surface area (Å²) in [6.45, 7) is 0. The third-order valence-corrected chi connectivity index (χ3v) is 5.08. The minimum atomic E-state index is -4.41. The third-order valence-electron chi connectivity index (χ3n) is 4.35. The number of carboxylic acids is 1. The van der Waals surface area contributed by atoms with Crippen LogP contribution in [-0.4, -0.2) is 20.9 Å². The van der Waals surface area contributed by atoms with Crippen LogP contribution in [0.15, 0.2) is 48.5 Å². The molecule has 0 saturated heterocycles. The molecule has 4 aromatic rings. The second kappa shape index (κ2) is 5.02. The van der Waals surface area contributed by atoms with Gasteiger partial charge < -0.3 is 14.9 Å². The monoisotopic (exact) mass is 340 g/mol. The van der Waals surface area contributed by atoms with Crippen LogP contribution in [0.2, 0.25) is 0 Å². The highest BCUT2D eigenvalue weighted by molar-refractivity contribution is 7.50. The summed E-state index contributed by atoms with van der Waals surface area (Å²) in [5.74, 6) is -1.19. The van der Waals surface area contributed by atoms with Crippen molar-refractivity contribution in [1.82, 2.24) is 0 Å². The quantitative estimate of drug-likeness (QED) is 0.388. The van der Waals surface area contributed by atoms with E-state index in [1.165, 1.54) is 6.07 Å². The number of hydrogen-bond donors (Lipinski definition) is 3. The lowest BCUT2D eigenvalue weighted by Crippen LogP contribution is -2.04. The minimum absolute atomic E-state index is 0.0655. The lowest BCUT2D eigenvalue weighted by molar-refractivity contribution is 0.0696. The number of aromatic carboxylic acids is 1. The highest BCUT2D eigenvalue weighted by Gasteiger charge is 2.24. The van der Waals surface area contributed by atoms with E-state index < -0.39 is 19.7 Å². The molecule has 4 rings (SSSR count). The number of benzene rings is 4. The molecule has 0 bridgehead atoms. The van der Waals surface area contributed by atoms with Crippen LogP contribution in [0, 0.1) is 0 Å². The Hall–Kier alpha value is -2.46. The maximum Gasteiger partial charge on any atom is 0.336 e. The molecule has 4 aromatic carbocycles. The molecular weight excluding hydrogens is 327 g/mol. The van der Waals surface area contributed by atoms with E-state index in [1.54, 1.807) is 6.07 Å². The molecule has 120 valence electrons. The van der Waals surface area contributed by atoms with Crippen molar-refractivity contribution >= 4 is 45.9 Å². The van der Waals surface area contributed by atoms with Crippen molar-refractivity contribution in [3.05, 3.63) is 59.7 Å². The first-order chi connectivity index (χ1) is 11.3. The molecule has 0 saturated carbocycles. The Morgan fingerprint density at radius 1 is 0.917 bits per heavy atom. The third kappa shape index (κ3) is 2.26. The molecule has 0 aliphatic carbocycles. The number of carboxylic acid groups (broad SMARTS) is 1. The van der Waals surface area contributed by atoms with Crippen molar-refractivity contribution < 1.29 is 24.3 Å². The fraction of sp³-hybridized carbons (Fsp3) is 0.0556. The maximum atomic E-state index is 11.6. The lowest BCUT2D eigenvalue weighted by atomic mass is 9.90. The molecule has 0 heterocycles. The molecule has 0 aliphatic rings. The number of rotatable bonds is 3. The van der Waals surface area contributed by atoms with E-state index in [0.29, 0.717) is 5.39 Å². The number of carbonyl (C=O) groups is 1. The average Bonchev–Trinajstić information content (AvgIpc) is 2.52. The maximum absolute atomic E-state index is 11.6. The van der Waals surface area contributed by atoms with E-state index in [0.717, 1.165) is 26.9 Å². The molecule has 0 amide bonds. The van der Waals surface area contributed by atoms with Gasteiger partial charge in [0, 0.05) is 0 Å². The van der Waals surface area contributed by atoms with Crippen LogP contribution in [0.1, 0.15) is 15.9 Å². The second-order valence-corrected chi connectivity index (χ2v) is 7.53. The SMILES string of the molecule is O=C(O)c1cc2ccc3cccc4ccc(c1CP(=O)(O)O)c2c34. The minimum Gasteiger partial charge on any atom is -0.478 e. The van der Waals surface area contributed by atoms with Crippen LogP contribution in [0.5, 0.6) is 0 Å². The summed E-state index contributed by atoms with van der Waals surface area (Å²) in [5.41, 5.74) is 0.116. The van der Waals surface area contributed by atoms with Crippen molar-refractivity contribution in [2.45, 2.75) is 6.16 Å². The summed E-state index contributed by atoms with van der Waals surface area (Å²) in [4.78, 5) is 30.4. The summed E-state index contributed by atoms with van der Waals surface area (Å²) >= 11 is 0. The van der Waals surface area contributed by atoms with E-state index in [2.05, 4.69) is 0 Å². The van der Waals surface area contributed by atoms with Gasteiger partial charge in [0.15, 0.2) is 0 Å². The molecule has 0 atom stereocenters. The summed E-state index contributed by atoms with van der Waals surface area (Å²) in [6, 6.07) is 14.8. The summed E-state index contributed by atoms with van der Waals surface area (Å²) in [6.07, 6.45) is -0.594. The van der Waals surface area contributed by atoms with E-state index in [-0.39, 0.29) is 11.1 Å². The summed E-state index contributed by atoms with van der Waals surface area (Å²) in [7, 11) is -4.41. The topological polar surface area (TPSA) is 94.8 Å². The van der Waals surface area contributed by atoms with Gasteiger partial charge in [-0.1, -0.05) is 42.5 Å². The van der Waals surface area contributed by atoms with E-state index in [4.69, 9.17) is 0 Å². The molecule has 0 aliphatic heterocycles. The van der Waals surface area contributed by atoms with E-state index >= 15 is 0 Å². The van der Waals surface area contributed by atoms with Crippen LogP contribution in [0.25, 0.3) is 32.3 Å². The van der Waals surface area contributed by atoms with Gasteiger partial charge in [-0.3, -0.25) is 4.57 Å². The molecule has 3 N–H and O–H groups in total. The van der Waals surface area contributed by atoms with Gasteiger partial charge in [-0.25, -0.2) is 4.79 Å². The molecule has 0 spiro atoms. The Labute approximate surface area is 136 Å². The van der Waals surface area contributed by atoms with Crippen LogP contribution >= 0.6 is 7.60 Å². The Balaban J connectivity index is 2.24. The van der Waals surface area contributed by atoms with Crippen LogP contribution in [-0.2, 0) is 10.7 Å². The molecule has 5 nitrogen and oxygen atoms in total. The smallest absolute Gasteiger partial charge is 0.336 e. The van der Waals surface area contributed by atoms with Gasteiger partial charge in [-0.05, 0) is 43.9 Å². The molecule has 0 unspecified atom stereocenters. The fourth-order valence-electron chi connectivity index (χ4n) is 3.44. The first-order valence-corrected chi connectivity index (χ1v) is 9.12. The second-order valence-electron chi connectivity index (χ2n) is 5.89. The standard InChI is InChI=1S/C18H13O5P/c19-18(20)14-8-12-5-4-10-2-1-3-11-6-7-13(17(12)16(10)11)15(14)9-24(21,22)23/h1-8H,9H2,(H,19,20)(H2,21,22,23). The van der Waals surface area contributed by atoms with Gasteiger partial charge in [-0.2, -0.15) is 0 Å². The summed E-state index contributed by atoms with van der Waals surface area (Å²) < 4.78 is 11.5. The zero-order valence-electron chi connectivity index (χ0n) is 12.4. The molecular formula is C18H13O5P. The molecule has 0 radical (unpaired) electrons. The Kier molecular flexibility index (Phi) is 3.15. The van der Waals surface area contributed by atoms with Gasteiger partial charge in [0.25, 0.3) is 0 Å². The van der Waals surface area contributed by atoms with Crippen LogP contribution < -0.4 is 0 Å². The van der Waals surface area contributed by atoms with Gasteiger partial charge >= 0.3 is 13.6 Å². The predicted molar refractivity (Wildman–Crippen MR) is 92.9 cm³/mol. The van der Waals surface area contributed by atoms with Crippen LogP contribution in [0.3, 0.4) is 0 Å². The largest absolute Gasteiger partial charge is 0.478 e. The van der Waals surface area contributed by atoms with Crippen molar-refractivity contribution in [2.24, 2.45) is 0 Å². The van der Waals surface area contributed by atoms with E-state index in [1.807, 2.05) is 36.4 Å². The Bertz CT molecular complexity index is 1140.